The van der Waals surface area contributed by atoms with Crippen LogP contribution in [-0.2, 0) is 18.3 Å². The molecule has 0 bridgehead atoms. The number of hydrogen-bond acceptors (Lipinski definition) is 4. The molecule has 2 aromatic heterocycles. The molecule has 1 fully saturated rings. The summed E-state index contributed by atoms with van der Waals surface area (Å²) in [6, 6.07) is 4.02. The van der Waals surface area contributed by atoms with Crippen LogP contribution in [0, 0.1) is 6.92 Å². The van der Waals surface area contributed by atoms with Crippen LogP contribution in [0.15, 0.2) is 28.9 Å². The highest BCUT2D eigenvalue weighted by Crippen LogP contribution is 2.31. The minimum atomic E-state index is 0.0637. The van der Waals surface area contributed by atoms with Gasteiger partial charge in [0.2, 0.25) is 5.91 Å². The van der Waals surface area contributed by atoms with Gasteiger partial charge in [0.1, 0.15) is 11.5 Å². The first-order chi connectivity index (χ1) is 10.6. The van der Waals surface area contributed by atoms with Crippen molar-refractivity contribution in [2.75, 3.05) is 18.1 Å². The lowest BCUT2D eigenvalue weighted by atomic mass is 10.1. The van der Waals surface area contributed by atoms with Crippen LogP contribution in [-0.4, -0.2) is 38.6 Å². The Morgan fingerprint density at radius 2 is 2.36 bits per heavy atom. The standard InChI is InChI=1S/C16H21N3O2S/c1-12-3-5-15(21-12)14-11-22-8-7-19(14)16(20)6-4-13-9-17-18(2)10-13/h3,5,9-10,14H,4,6-8,11H2,1-2H3. The lowest BCUT2D eigenvalue weighted by Gasteiger charge is -2.34. The smallest absolute Gasteiger partial charge is 0.223 e. The van der Waals surface area contributed by atoms with Gasteiger partial charge in [0, 0.05) is 37.7 Å². The predicted octanol–water partition coefficient (Wildman–Crippen LogP) is 2.57. The Bertz CT molecular complexity index is 649. The first-order valence-electron chi connectivity index (χ1n) is 7.54. The monoisotopic (exact) mass is 319 g/mol. The van der Waals surface area contributed by atoms with E-state index in [1.807, 2.05) is 55.2 Å². The summed E-state index contributed by atoms with van der Waals surface area (Å²) in [7, 11) is 1.89. The molecule has 0 aromatic carbocycles. The molecule has 3 rings (SSSR count). The van der Waals surface area contributed by atoms with Gasteiger partial charge in [0.05, 0.1) is 12.2 Å². The van der Waals surface area contributed by atoms with Crippen molar-refractivity contribution in [2.45, 2.75) is 25.8 Å². The second-order valence-electron chi connectivity index (χ2n) is 5.65. The number of hydrogen-bond donors (Lipinski definition) is 0. The van der Waals surface area contributed by atoms with Gasteiger partial charge >= 0.3 is 0 Å². The maximum atomic E-state index is 12.6. The lowest BCUT2D eigenvalue weighted by Crippen LogP contribution is -2.40. The van der Waals surface area contributed by atoms with Crippen LogP contribution < -0.4 is 0 Å². The zero-order valence-corrected chi connectivity index (χ0v) is 13.8. The van der Waals surface area contributed by atoms with E-state index >= 15 is 0 Å². The second-order valence-corrected chi connectivity index (χ2v) is 6.80. The Labute approximate surface area is 134 Å². The summed E-state index contributed by atoms with van der Waals surface area (Å²) in [4.78, 5) is 14.6. The zero-order valence-electron chi connectivity index (χ0n) is 13.0. The molecule has 5 nitrogen and oxygen atoms in total. The summed E-state index contributed by atoms with van der Waals surface area (Å²) in [6.45, 7) is 2.73. The van der Waals surface area contributed by atoms with Crippen molar-refractivity contribution >= 4 is 17.7 Å². The van der Waals surface area contributed by atoms with Crippen molar-refractivity contribution < 1.29 is 9.21 Å². The van der Waals surface area contributed by atoms with Crippen LogP contribution in [0.2, 0.25) is 0 Å². The fourth-order valence-electron chi connectivity index (χ4n) is 2.77. The quantitative estimate of drug-likeness (QED) is 0.869. The largest absolute Gasteiger partial charge is 0.464 e. The van der Waals surface area contributed by atoms with E-state index in [1.54, 1.807) is 4.68 Å². The van der Waals surface area contributed by atoms with E-state index in [1.165, 1.54) is 0 Å². The van der Waals surface area contributed by atoms with Gasteiger partial charge in [0.25, 0.3) is 0 Å². The highest BCUT2D eigenvalue weighted by Gasteiger charge is 2.30. The summed E-state index contributed by atoms with van der Waals surface area (Å²) in [5, 5.41) is 4.15. The number of rotatable bonds is 4. The Morgan fingerprint density at radius 1 is 1.50 bits per heavy atom. The van der Waals surface area contributed by atoms with E-state index in [0.29, 0.717) is 6.42 Å². The molecule has 0 saturated carbocycles. The summed E-state index contributed by atoms with van der Waals surface area (Å²) in [6.07, 6.45) is 5.05. The number of amides is 1. The average molecular weight is 319 g/mol. The van der Waals surface area contributed by atoms with Gasteiger partial charge in [-0.2, -0.15) is 16.9 Å². The summed E-state index contributed by atoms with van der Waals surface area (Å²) < 4.78 is 7.52. The molecule has 6 heteroatoms. The minimum absolute atomic E-state index is 0.0637. The molecular weight excluding hydrogens is 298 g/mol. The Kier molecular flexibility index (Phi) is 4.57. The molecule has 22 heavy (non-hydrogen) atoms. The highest BCUT2D eigenvalue weighted by molar-refractivity contribution is 7.99. The van der Waals surface area contributed by atoms with Crippen LogP contribution >= 0.6 is 11.8 Å². The van der Waals surface area contributed by atoms with Crippen LogP contribution in [0.3, 0.4) is 0 Å². The van der Waals surface area contributed by atoms with Crippen LogP contribution in [0.1, 0.15) is 29.5 Å². The molecule has 1 atom stereocenters. The Hall–Kier alpha value is -1.69. The van der Waals surface area contributed by atoms with E-state index in [4.69, 9.17) is 4.42 Å². The molecule has 3 heterocycles. The molecule has 0 N–H and O–H groups in total. The number of aryl methyl sites for hydroxylation is 3. The van der Waals surface area contributed by atoms with E-state index < -0.39 is 0 Å². The molecule has 118 valence electrons. The third kappa shape index (κ3) is 3.38. The van der Waals surface area contributed by atoms with Crippen molar-refractivity contribution in [1.29, 1.82) is 0 Å². The van der Waals surface area contributed by atoms with Crippen molar-refractivity contribution in [3.63, 3.8) is 0 Å². The molecule has 1 unspecified atom stereocenters. The Balaban J connectivity index is 1.66. The maximum Gasteiger partial charge on any atom is 0.223 e. The molecule has 1 aliphatic rings. The molecule has 1 saturated heterocycles. The lowest BCUT2D eigenvalue weighted by molar-refractivity contribution is -0.133. The van der Waals surface area contributed by atoms with E-state index in [0.717, 1.165) is 41.6 Å². The van der Waals surface area contributed by atoms with Gasteiger partial charge in [-0.15, -0.1) is 0 Å². The fraction of sp³-hybridized carbons (Fsp3) is 0.500. The van der Waals surface area contributed by atoms with Gasteiger partial charge in [-0.05, 0) is 31.0 Å². The van der Waals surface area contributed by atoms with Gasteiger partial charge in [-0.25, -0.2) is 0 Å². The fourth-order valence-corrected chi connectivity index (χ4v) is 3.83. The third-order valence-electron chi connectivity index (χ3n) is 3.92. The molecule has 0 aliphatic carbocycles. The van der Waals surface area contributed by atoms with E-state index in [9.17, 15) is 4.79 Å². The SMILES string of the molecule is Cc1ccc(C2CSCCN2C(=O)CCc2cnn(C)c2)o1. The molecule has 1 amide bonds. The number of carbonyl (C=O) groups excluding carboxylic acids is 1. The summed E-state index contributed by atoms with van der Waals surface area (Å²) in [5.74, 6) is 3.90. The van der Waals surface area contributed by atoms with Gasteiger partial charge in [-0.1, -0.05) is 0 Å². The number of carbonyl (C=O) groups is 1. The van der Waals surface area contributed by atoms with Gasteiger partial charge in [0.15, 0.2) is 0 Å². The predicted molar refractivity (Wildman–Crippen MR) is 86.8 cm³/mol. The number of thioether (sulfide) groups is 1. The maximum absolute atomic E-state index is 12.6. The molecule has 0 radical (unpaired) electrons. The second kappa shape index (κ2) is 6.60. The minimum Gasteiger partial charge on any atom is -0.464 e. The Morgan fingerprint density at radius 3 is 3.05 bits per heavy atom. The van der Waals surface area contributed by atoms with Gasteiger partial charge in [-0.3, -0.25) is 9.48 Å². The zero-order chi connectivity index (χ0) is 15.5. The van der Waals surface area contributed by atoms with Crippen molar-refractivity contribution in [3.8, 4) is 0 Å². The summed E-state index contributed by atoms with van der Waals surface area (Å²) >= 11 is 1.88. The normalized spacial score (nSPS) is 18.6. The molecule has 1 aliphatic heterocycles. The molecule has 2 aromatic rings. The first-order valence-corrected chi connectivity index (χ1v) is 8.70. The van der Waals surface area contributed by atoms with Crippen LogP contribution in [0.4, 0.5) is 0 Å². The van der Waals surface area contributed by atoms with Crippen molar-refractivity contribution in [3.05, 3.63) is 41.6 Å². The van der Waals surface area contributed by atoms with Gasteiger partial charge < -0.3 is 9.32 Å². The molecule has 0 spiro atoms. The first kappa shape index (κ1) is 15.2. The highest BCUT2D eigenvalue weighted by atomic mass is 32.2. The van der Waals surface area contributed by atoms with E-state index in [2.05, 4.69) is 5.10 Å². The van der Waals surface area contributed by atoms with Crippen LogP contribution in [0.5, 0.6) is 0 Å². The van der Waals surface area contributed by atoms with Crippen LogP contribution in [0.25, 0.3) is 0 Å². The third-order valence-corrected chi connectivity index (χ3v) is 4.95. The number of aromatic nitrogens is 2. The number of nitrogens with zero attached hydrogens (tertiary/aromatic N) is 3. The average Bonchev–Trinajstić information content (AvgIpc) is 3.13. The number of furan rings is 1. The topological polar surface area (TPSA) is 51.3 Å². The molecular formula is C16H21N3O2S. The summed E-state index contributed by atoms with van der Waals surface area (Å²) in [5.41, 5.74) is 1.10. The van der Waals surface area contributed by atoms with Crippen molar-refractivity contribution in [1.82, 2.24) is 14.7 Å². The van der Waals surface area contributed by atoms with E-state index in [-0.39, 0.29) is 11.9 Å². The van der Waals surface area contributed by atoms with Crippen molar-refractivity contribution in [2.24, 2.45) is 7.05 Å².